The van der Waals surface area contributed by atoms with Gasteiger partial charge >= 0.3 is 11.9 Å². The summed E-state index contributed by atoms with van der Waals surface area (Å²) >= 11 is 1.24. The summed E-state index contributed by atoms with van der Waals surface area (Å²) in [4.78, 5) is 57.7. The maximum absolute atomic E-state index is 13.4. The van der Waals surface area contributed by atoms with Crippen molar-refractivity contribution >= 4 is 35.1 Å². The van der Waals surface area contributed by atoms with Gasteiger partial charge in [-0.05, 0) is 36.7 Å². The predicted octanol–water partition coefficient (Wildman–Crippen LogP) is 6.23. The Morgan fingerprint density at radius 3 is 2.20 bits per heavy atom. The van der Waals surface area contributed by atoms with Crippen LogP contribution in [0.25, 0.3) is 0 Å². The Bertz CT molecular complexity index is 1240. The number of aromatic nitrogens is 1. The standard InChI is InChI=1S/C34H51N3O6S/c1-11-42-33(41)22(4)17-26(18-25-15-13-12-14-16-25)35-30(39)27-20-44-31(36-27)29(43-24(6)38)19-28(21(2)3)37(10)32(40)23(5)34(7,8)9/h12-16,20-23,26,28-29H,11,17-19H2,1-10H3,(H,35,39)/t22-,23+,26+,28+,29+/m0/s1. The van der Waals surface area contributed by atoms with Crippen LogP contribution in [0.2, 0.25) is 0 Å². The van der Waals surface area contributed by atoms with Crippen LogP contribution in [0.15, 0.2) is 35.7 Å². The van der Waals surface area contributed by atoms with Crippen LogP contribution in [0.5, 0.6) is 0 Å². The van der Waals surface area contributed by atoms with Gasteiger partial charge in [-0.3, -0.25) is 19.2 Å². The van der Waals surface area contributed by atoms with Gasteiger partial charge in [0.25, 0.3) is 5.91 Å². The lowest BCUT2D eigenvalue weighted by molar-refractivity contribution is -0.149. The average molecular weight is 630 g/mol. The molecule has 5 atom stereocenters. The van der Waals surface area contributed by atoms with E-state index in [2.05, 4.69) is 10.3 Å². The van der Waals surface area contributed by atoms with Crippen molar-refractivity contribution in [2.45, 2.75) is 99.8 Å². The number of hydrogen-bond donors (Lipinski definition) is 1. The van der Waals surface area contributed by atoms with E-state index in [1.54, 1.807) is 31.2 Å². The first-order chi connectivity index (χ1) is 20.5. The zero-order chi connectivity index (χ0) is 33.2. The molecule has 1 aromatic heterocycles. The lowest BCUT2D eigenvalue weighted by Crippen LogP contribution is -2.46. The first-order valence-electron chi connectivity index (χ1n) is 15.5. The number of ether oxygens (including phenoxy) is 2. The molecule has 0 bridgehead atoms. The number of benzene rings is 1. The zero-order valence-corrected chi connectivity index (χ0v) is 28.8. The van der Waals surface area contributed by atoms with Gasteiger partial charge in [0.2, 0.25) is 5.91 Å². The Kier molecular flexibility index (Phi) is 14.0. The Morgan fingerprint density at radius 1 is 1.02 bits per heavy atom. The summed E-state index contributed by atoms with van der Waals surface area (Å²) in [5.41, 5.74) is 1.03. The first-order valence-corrected chi connectivity index (χ1v) is 16.3. The number of carbonyl (C=O) groups is 4. The van der Waals surface area contributed by atoms with Gasteiger partial charge in [-0.2, -0.15) is 0 Å². The molecule has 0 aliphatic heterocycles. The monoisotopic (exact) mass is 629 g/mol. The van der Waals surface area contributed by atoms with Crippen LogP contribution in [0, 0.1) is 23.2 Å². The molecule has 10 heteroatoms. The van der Waals surface area contributed by atoms with Crippen molar-refractivity contribution in [3.8, 4) is 0 Å². The quantitative estimate of drug-likeness (QED) is 0.232. The number of nitrogens with one attached hydrogen (secondary N) is 1. The van der Waals surface area contributed by atoms with Crippen LogP contribution in [-0.4, -0.2) is 59.4 Å². The molecule has 1 heterocycles. The van der Waals surface area contributed by atoms with E-state index in [9.17, 15) is 19.2 Å². The number of nitrogens with zero attached hydrogens (tertiary/aromatic N) is 2. The minimum absolute atomic E-state index is 0.0264. The normalized spacial score (nSPS) is 15.1. The highest BCUT2D eigenvalue weighted by atomic mass is 32.1. The van der Waals surface area contributed by atoms with Crippen molar-refractivity contribution in [2.75, 3.05) is 13.7 Å². The Labute approximate surface area is 267 Å². The van der Waals surface area contributed by atoms with Crippen molar-refractivity contribution in [1.29, 1.82) is 0 Å². The molecule has 0 unspecified atom stereocenters. The molecular weight excluding hydrogens is 578 g/mol. The maximum atomic E-state index is 13.4. The number of carbonyl (C=O) groups excluding carboxylic acids is 4. The van der Waals surface area contributed by atoms with Crippen molar-refractivity contribution in [2.24, 2.45) is 23.2 Å². The Balaban J connectivity index is 2.28. The molecular formula is C34H51N3O6S. The van der Waals surface area contributed by atoms with Crippen LogP contribution >= 0.6 is 11.3 Å². The topological polar surface area (TPSA) is 115 Å². The van der Waals surface area contributed by atoms with E-state index in [1.807, 2.05) is 71.9 Å². The minimum Gasteiger partial charge on any atom is -0.466 e. The van der Waals surface area contributed by atoms with Gasteiger partial charge in [0.1, 0.15) is 10.7 Å². The van der Waals surface area contributed by atoms with Crippen molar-refractivity contribution in [3.05, 3.63) is 52.0 Å². The molecule has 2 rings (SSSR count). The van der Waals surface area contributed by atoms with Crippen LogP contribution < -0.4 is 5.32 Å². The smallest absolute Gasteiger partial charge is 0.308 e. The number of rotatable bonds is 15. The van der Waals surface area contributed by atoms with Gasteiger partial charge in [0, 0.05) is 43.8 Å². The van der Waals surface area contributed by atoms with E-state index >= 15 is 0 Å². The molecule has 0 aliphatic rings. The van der Waals surface area contributed by atoms with Crippen LogP contribution in [0.1, 0.15) is 102 Å². The highest BCUT2D eigenvalue weighted by Gasteiger charge is 2.35. The number of thiazole rings is 1. The van der Waals surface area contributed by atoms with E-state index in [-0.39, 0.29) is 52.8 Å². The number of esters is 2. The van der Waals surface area contributed by atoms with Gasteiger partial charge < -0.3 is 19.7 Å². The summed E-state index contributed by atoms with van der Waals surface area (Å²) in [5.74, 6) is -1.65. The summed E-state index contributed by atoms with van der Waals surface area (Å²) in [6, 6.07) is 9.19. The zero-order valence-electron chi connectivity index (χ0n) is 28.0. The fourth-order valence-electron chi connectivity index (χ4n) is 5.03. The van der Waals surface area contributed by atoms with Crippen molar-refractivity contribution in [3.63, 3.8) is 0 Å². The SMILES string of the molecule is CCOC(=O)[C@@H](C)C[C@H](Cc1ccccc1)NC(=O)c1csc([C@@H](C[C@H](C(C)C)N(C)C(=O)[C@@H](C)C(C)(C)C)OC(C)=O)n1. The van der Waals surface area contributed by atoms with Gasteiger partial charge in [0.05, 0.1) is 12.5 Å². The Hall–Kier alpha value is -3.27. The van der Waals surface area contributed by atoms with Gasteiger partial charge in [-0.25, -0.2) is 4.98 Å². The molecule has 0 saturated carbocycles. The molecule has 0 fully saturated rings. The highest BCUT2D eigenvalue weighted by Crippen LogP contribution is 2.33. The van der Waals surface area contributed by atoms with Crippen LogP contribution in [0.4, 0.5) is 0 Å². The second-order valence-corrected chi connectivity index (χ2v) is 13.9. The highest BCUT2D eigenvalue weighted by molar-refractivity contribution is 7.09. The molecule has 0 radical (unpaired) electrons. The molecule has 244 valence electrons. The summed E-state index contributed by atoms with van der Waals surface area (Å²) in [5, 5.41) is 5.19. The average Bonchev–Trinajstić information content (AvgIpc) is 3.44. The van der Waals surface area contributed by atoms with Crippen molar-refractivity contribution < 1.29 is 28.7 Å². The fourth-order valence-corrected chi connectivity index (χ4v) is 5.87. The first kappa shape index (κ1) is 36.9. The van der Waals surface area contributed by atoms with Gasteiger partial charge in [0.15, 0.2) is 6.10 Å². The molecule has 0 saturated heterocycles. The molecule has 1 aromatic carbocycles. The second kappa shape index (κ2) is 16.7. The summed E-state index contributed by atoms with van der Waals surface area (Å²) in [7, 11) is 1.80. The third-order valence-electron chi connectivity index (χ3n) is 8.07. The number of hydrogen-bond acceptors (Lipinski definition) is 8. The fraction of sp³-hybridized carbons (Fsp3) is 0.618. The summed E-state index contributed by atoms with van der Waals surface area (Å²) in [6.45, 7) is 17.3. The molecule has 2 amide bonds. The third kappa shape index (κ3) is 11.0. The van der Waals surface area contributed by atoms with E-state index in [0.717, 1.165) is 5.56 Å². The summed E-state index contributed by atoms with van der Waals surface area (Å²) in [6.07, 6.45) is 0.553. The summed E-state index contributed by atoms with van der Waals surface area (Å²) < 4.78 is 10.9. The van der Waals surface area contributed by atoms with Gasteiger partial charge in [-0.1, -0.05) is 78.8 Å². The largest absolute Gasteiger partial charge is 0.466 e. The predicted molar refractivity (Wildman–Crippen MR) is 173 cm³/mol. The van der Waals surface area contributed by atoms with E-state index in [0.29, 0.717) is 30.9 Å². The van der Waals surface area contributed by atoms with E-state index < -0.39 is 18.0 Å². The molecule has 44 heavy (non-hydrogen) atoms. The van der Waals surface area contributed by atoms with Crippen molar-refractivity contribution in [1.82, 2.24) is 15.2 Å². The maximum Gasteiger partial charge on any atom is 0.308 e. The van der Waals surface area contributed by atoms with E-state index in [4.69, 9.17) is 9.47 Å². The minimum atomic E-state index is -0.726. The molecule has 2 aromatic rings. The molecule has 9 nitrogen and oxygen atoms in total. The number of amides is 2. The molecule has 0 aliphatic carbocycles. The van der Waals surface area contributed by atoms with Gasteiger partial charge in [-0.15, -0.1) is 11.3 Å². The Morgan fingerprint density at radius 2 is 1.66 bits per heavy atom. The molecule has 1 N–H and O–H groups in total. The lowest BCUT2D eigenvalue weighted by atomic mass is 9.80. The van der Waals surface area contributed by atoms with Crippen LogP contribution in [0.3, 0.4) is 0 Å². The third-order valence-corrected chi connectivity index (χ3v) is 9.00. The van der Waals surface area contributed by atoms with E-state index in [1.165, 1.54) is 18.3 Å². The molecule has 0 spiro atoms. The second-order valence-electron chi connectivity index (χ2n) is 13.0. The van der Waals surface area contributed by atoms with Crippen LogP contribution in [-0.2, 0) is 30.3 Å². The lowest BCUT2D eigenvalue weighted by Gasteiger charge is -2.37.